The van der Waals surface area contributed by atoms with Crippen molar-refractivity contribution < 1.29 is 18.8 Å². The molecule has 1 aromatic heterocycles. The number of hydrogen-bond acceptors (Lipinski definition) is 5. The summed E-state index contributed by atoms with van der Waals surface area (Å²) in [5.74, 6) is -0.381. The minimum Gasteiger partial charge on any atom is -0.469 e. The second kappa shape index (κ2) is 8.48. The number of aryl methyl sites for hydroxylation is 1. The Hall–Kier alpha value is -2.63. The molecule has 1 fully saturated rings. The fourth-order valence-corrected chi connectivity index (χ4v) is 5.10. The number of rotatable bonds is 4. The fraction of sp³-hybridized carbons (Fsp3) is 0.560. The molecule has 6 nitrogen and oxygen atoms in total. The molecule has 0 aliphatic heterocycles. The quantitative estimate of drug-likeness (QED) is 0.658. The summed E-state index contributed by atoms with van der Waals surface area (Å²) >= 11 is 0. The summed E-state index contributed by atoms with van der Waals surface area (Å²) in [6, 6.07) is 0. The molecule has 0 saturated heterocycles. The zero-order valence-corrected chi connectivity index (χ0v) is 20.2. The van der Waals surface area contributed by atoms with E-state index in [1.807, 2.05) is 20.9 Å². The van der Waals surface area contributed by atoms with Crippen LogP contribution in [-0.2, 0) is 14.3 Å². The molecule has 2 aromatic rings. The standard InChI is InChI=1S/C25H34N2O4/c1-12-13(2)15(4)23(16(5)14(12)3)27(8)24(28)21-11-19(25(29)30-9)10-20(21)22-17(6)18(7)31-26-22/h19-21H,10-11H2,1-9H3/t19-,20+,21+/m0/s1. The minimum absolute atomic E-state index is 0.00492. The zero-order chi connectivity index (χ0) is 23.2. The summed E-state index contributed by atoms with van der Waals surface area (Å²) < 4.78 is 10.4. The third-order valence-corrected chi connectivity index (χ3v) is 7.59. The molecule has 0 radical (unpaired) electrons. The molecular formula is C25H34N2O4. The molecule has 1 heterocycles. The number of hydrogen-bond donors (Lipinski definition) is 0. The van der Waals surface area contributed by atoms with Crippen LogP contribution in [0.5, 0.6) is 0 Å². The Bertz CT molecular complexity index is 1010. The van der Waals surface area contributed by atoms with Gasteiger partial charge < -0.3 is 14.2 Å². The lowest BCUT2D eigenvalue weighted by Crippen LogP contribution is -2.35. The Morgan fingerprint density at radius 3 is 1.94 bits per heavy atom. The van der Waals surface area contributed by atoms with Gasteiger partial charge in [-0.15, -0.1) is 0 Å². The van der Waals surface area contributed by atoms with Crippen molar-refractivity contribution in [1.29, 1.82) is 0 Å². The summed E-state index contributed by atoms with van der Waals surface area (Å²) in [7, 11) is 3.24. The maximum atomic E-state index is 13.8. The number of esters is 1. The third kappa shape index (κ3) is 3.77. The fourth-order valence-electron chi connectivity index (χ4n) is 5.10. The van der Waals surface area contributed by atoms with Gasteiger partial charge in [0.25, 0.3) is 0 Å². The van der Waals surface area contributed by atoms with Crippen LogP contribution in [0.25, 0.3) is 0 Å². The van der Waals surface area contributed by atoms with Crippen molar-refractivity contribution >= 4 is 17.6 Å². The van der Waals surface area contributed by atoms with Gasteiger partial charge in [-0.3, -0.25) is 9.59 Å². The third-order valence-electron chi connectivity index (χ3n) is 7.59. The van der Waals surface area contributed by atoms with E-state index in [1.165, 1.54) is 23.8 Å². The topological polar surface area (TPSA) is 72.6 Å². The van der Waals surface area contributed by atoms with Gasteiger partial charge >= 0.3 is 5.97 Å². The van der Waals surface area contributed by atoms with Crippen molar-refractivity contribution in [3.8, 4) is 0 Å². The molecule has 3 atom stereocenters. The molecule has 1 aliphatic rings. The molecule has 0 bridgehead atoms. The van der Waals surface area contributed by atoms with E-state index in [0.29, 0.717) is 12.8 Å². The van der Waals surface area contributed by atoms with E-state index >= 15 is 0 Å². The van der Waals surface area contributed by atoms with E-state index in [-0.39, 0.29) is 29.6 Å². The van der Waals surface area contributed by atoms with Crippen molar-refractivity contribution in [2.75, 3.05) is 19.1 Å². The Labute approximate surface area is 184 Å². The molecule has 0 N–H and O–H groups in total. The molecule has 0 unspecified atom stereocenters. The first-order chi connectivity index (χ1) is 14.5. The average molecular weight is 427 g/mol. The van der Waals surface area contributed by atoms with Crippen LogP contribution in [0.3, 0.4) is 0 Å². The Morgan fingerprint density at radius 2 is 1.45 bits per heavy atom. The van der Waals surface area contributed by atoms with Gasteiger partial charge in [0.1, 0.15) is 5.76 Å². The monoisotopic (exact) mass is 426 g/mol. The SMILES string of the molecule is COC(=O)[C@@H]1C[C@@H](C(=O)N(C)c2c(C)c(C)c(C)c(C)c2C)[C@H](c2noc(C)c2C)C1. The van der Waals surface area contributed by atoms with Crippen LogP contribution in [0.4, 0.5) is 5.69 Å². The van der Waals surface area contributed by atoms with Crippen molar-refractivity contribution in [2.45, 2.75) is 67.2 Å². The number of ether oxygens (including phenoxy) is 1. The summed E-state index contributed by atoms with van der Waals surface area (Å²) in [5, 5.41) is 4.26. The minimum atomic E-state index is -0.363. The largest absolute Gasteiger partial charge is 0.469 e. The highest BCUT2D eigenvalue weighted by Crippen LogP contribution is 2.46. The van der Waals surface area contributed by atoms with Gasteiger partial charge in [-0.05, 0) is 89.1 Å². The van der Waals surface area contributed by atoms with Gasteiger partial charge in [-0.1, -0.05) is 5.16 Å². The second-order valence-electron chi connectivity index (χ2n) is 9.02. The molecule has 31 heavy (non-hydrogen) atoms. The molecule has 1 saturated carbocycles. The molecule has 6 heteroatoms. The second-order valence-corrected chi connectivity index (χ2v) is 9.02. The zero-order valence-electron chi connectivity index (χ0n) is 20.2. The number of amides is 1. The molecular weight excluding hydrogens is 392 g/mol. The highest BCUT2D eigenvalue weighted by atomic mass is 16.5. The van der Waals surface area contributed by atoms with Gasteiger partial charge in [-0.2, -0.15) is 0 Å². The van der Waals surface area contributed by atoms with Crippen LogP contribution in [0.15, 0.2) is 4.52 Å². The van der Waals surface area contributed by atoms with E-state index in [2.05, 4.69) is 39.8 Å². The van der Waals surface area contributed by atoms with E-state index in [4.69, 9.17) is 9.26 Å². The first-order valence-electron chi connectivity index (χ1n) is 10.9. The molecule has 1 amide bonds. The van der Waals surface area contributed by atoms with Crippen molar-refractivity contribution in [1.82, 2.24) is 5.16 Å². The predicted octanol–water partition coefficient (Wildman–Crippen LogP) is 4.78. The van der Waals surface area contributed by atoms with Gasteiger partial charge in [0.2, 0.25) is 5.91 Å². The van der Waals surface area contributed by atoms with Crippen LogP contribution in [-0.4, -0.2) is 31.2 Å². The van der Waals surface area contributed by atoms with E-state index in [9.17, 15) is 9.59 Å². The van der Waals surface area contributed by atoms with E-state index in [0.717, 1.165) is 33.8 Å². The highest BCUT2D eigenvalue weighted by Gasteiger charge is 2.46. The van der Waals surface area contributed by atoms with Gasteiger partial charge in [0.15, 0.2) is 0 Å². The number of anilines is 1. The van der Waals surface area contributed by atoms with Crippen LogP contribution in [0.2, 0.25) is 0 Å². The Kier molecular flexibility index (Phi) is 6.30. The lowest BCUT2D eigenvalue weighted by molar-refractivity contribution is -0.145. The Balaban J connectivity index is 2.03. The van der Waals surface area contributed by atoms with Gasteiger partial charge in [0.05, 0.1) is 18.7 Å². The van der Waals surface area contributed by atoms with Crippen LogP contribution >= 0.6 is 0 Å². The number of nitrogens with zero attached hydrogens (tertiary/aromatic N) is 2. The van der Waals surface area contributed by atoms with Crippen molar-refractivity contribution in [3.63, 3.8) is 0 Å². The van der Waals surface area contributed by atoms with E-state index in [1.54, 1.807) is 4.90 Å². The van der Waals surface area contributed by atoms with E-state index < -0.39 is 0 Å². The summed E-state index contributed by atoms with van der Waals surface area (Å²) in [6.07, 6.45) is 0.988. The molecule has 0 spiro atoms. The highest BCUT2D eigenvalue weighted by molar-refractivity contribution is 5.97. The van der Waals surface area contributed by atoms with Crippen molar-refractivity contribution in [2.24, 2.45) is 11.8 Å². The van der Waals surface area contributed by atoms with Gasteiger partial charge in [0, 0.05) is 30.1 Å². The molecule has 1 aliphatic carbocycles. The summed E-state index contributed by atoms with van der Waals surface area (Å²) in [4.78, 5) is 27.9. The maximum absolute atomic E-state index is 13.8. The average Bonchev–Trinajstić information content (AvgIpc) is 3.33. The lowest BCUT2D eigenvalue weighted by Gasteiger charge is -2.29. The number of benzene rings is 1. The lowest BCUT2D eigenvalue weighted by atomic mass is 9.88. The predicted molar refractivity (Wildman–Crippen MR) is 120 cm³/mol. The first-order valence-corrected chi connectivity index (χ1v) is 10.9. The smallest absolute Gasteiger partial charge is 0.308 e. The number of carbonyl (C=O) groups is 2. The van der Waals surface area contributed by atoms with Crippen molar-refractivity contribution in [3.05, 3.63) is 44.8 Å². The molecule has 3 rings (SSSR count). The molecule has 1 aromatic carbocycles. The number of aromatic nitrogens is 1. The number of methoxy groups -OCH3 is 1. The van der Waals surface area contributed by atoms with Crippen LogP contribution in [0, 0.1) is 60.3 Å². The Morgan fingerprint density at radius 1 is 0.903 bits per heavy atom. The number of carbonyl (C=O) groups excluding carboxylic acids is 2. The normalized spacial score (nSPS) is 20.7. The van der Waals surface area contributed by atoms with Crippen LogP contribution in [0.1, 0.15) is 63.6 Å². The first kappa shape index (κ1) is 23.0. The summed E-state index contributed by atoms with van der Waals surface area (Å²) in [6.45, 7) is 14.3. The van der Waals surface area contributed by atoms with Gasteiger partial charge in [-0.25, -0.2) is 0 Å². The summed E-state index contributed by atoms with van der Waals surface area (Å²) in [5.41, 5.74) is 8.59. The molecule has 168 valence electrons. The van der Waals surface area contributed by atoms with Crippen LogP contribution < -0.4 is 4.90 Å². The maximum Gasteiger partial charge on any atom is 0.308 e.